The standard InChI is InChI=1S/C12H22N2O3/c1-2-10(11(13)15)14-7-8-3-5-9(6-4-8)12(16)17/h8-10,14H,2-7H2,1H3,(H2,13,15)(H,16,17). The van der Waals surface area contributed by atoms with E-state index in [4.69, 9.17) is 10.8 Å². The van der Waals surface area contributed by atoms with Gasteiger partial charge >= 0.3 is 5.97 Å². The van der Waals surface area contributed by atoms with Crippen molar-refractivity contribution in [3.05, 3.63) is 0 Å². The number of hydrogen-bond acceptors (Lipinski definition) is 3. The number of amides is 1. The molecule has 0 heterocycles. The van der Waals surface area contributed by atoms with E-state index >= 15 is 0 Å². The number of carboxylic acids is 1. The summed E-state index contributed by atoms with van der Waals surface area (Å²) < 4.78 is 0. The summed E-state index contributed by atoms with van der Waals surface area (Å²) in [4.78, 5) is 21.8. The molecule has 0 radical (unpaired) electrons. The normalized spacial score (nSPS) is 26.4. The lowest BCUT2D eigenvalue weighted by molar-refractivity contribution is -0.143. The summed E-state index contributed by atoms with van der Waals surface area (Å²) in [5.41, 5.74) is 5.25. The van der Waals surface area contributed by atoms with Gasteiger partial charge in [0.2, 0.25) is 5.91 Å². The maximum atomic E-state index is 11.0. The van der Waals surface area contributed by atoms with Gasteiger partial charge in [-0.1, -0.05) is 6.92 Å². The molecule has 5 heteroatoms. The van der Waals surface area contributed by atoms with Crippen LogP contribution >= 0.6 is 0 Å². The molecule has 0 aromatic rings. The van der Waals surface area contributed by atoms with Crippen molar-refractivity contribution in [2.24, 2.45) is 17.6 Å². The molecule has 17 heavy (non-hydrogen) atoms. The van der Waals surface area contributed by atoms with Gasteiger partial charge in [0, 0.05) is 0 Å². The Balaban J connectivity index is 2.26. The average molecular weight is 242 g/mol. The molecule has 5 nitrogen and oxygen atoms in total. The lowest BCUT2D eigenvalue weighted by Gasteiger charge is -2.27. The van der Waals surface area contributed by atoms with Crippen LogP contribution in [0.2, 0.25) is 0 Å². The molecule has 98 valence electrons. The summed E-state index contributed by atoms with van der Waals surface area (Å²) in [6.07, 6.45) is 4.02. The predicted molar refractivity (Wildman–Crippen MR) is 64.4 cm³/mol. The van der Waals surface area contributed by atoms with Gasteiger partial charge in [-0.05, 0) is 44.6 Å². The monoisotopic (exact) mass is 242 g/mol. The van der Waals surface area contributed by atoms with E-state index in [0.717, 1.165) is 32.2 Å². The van der Waals surface area contributed by atoms with Crippen LogP contribution in [0.3, 0.4) is 0 Å². The smallest absolute Gasteiger partial charge is 0.306 e. The Morgan fingerprint density at radius 3 is 2.35 bits per heavy atom. The molecule has 1 fully saturated rings. The van der Waals surface area contributed by atoms with Gasteiger partial charge in [-0.25, -0.2) is 0 Å². The van der Waals surface area contributed by atoms with Crippen molar-refractivity contribution < 1.29 is 14.7 Å². The Bertz CT molecular complexity index is 273. The van der Waals surface area contributed by atoms with Gasteiger partial charge in [0.15, 0.2) is 0 Å². The second kappa shape index (κ2) is 6.59. The molecular formula is C12H22N2O3. The van der Waals surface area contributed by atoms with Crippen LogP contribution in [0.25, 0.3) is 0 Å². The van der Waals surface area contributed by atoms with Crippen molar-refractivity contribution in [3.8, 4) is 0 Å². The van der Waals surface area contributed by atoms with E-state index < -0.39 is 5.97 Å². The molecule has 1 aliphatic carbocycles. The summed E-state index contributed by atoms with van der Waals surface area (Å²) in [5.74, 6) is -0.699. The van der Waals surface area contributed by atoms with E-state index in [0.29, 0.717) is 12.3 Å². The van der Waals surface area contributed by atoms with Crippen LogP contribution in [0.4, 0.5) is 0 Å². The Morgan fingerprint density at radius 1 is 1.35 bits per heavy atom. The first-order chi connectivity index (χ1) is 8.04. The van der Waals surface area contributed by atoms with Crippen LogP contribution < -0.4 is 11.1 Å². The first kappa shape index (κ1) is 14.0. The van der Waals surface area contributed by atoms with Crippen LogP contribution in [0.1, 0.15) is 39.0 Å². The zero-order valence-electron chi connectivity index (χ0n) is 10.3. The Kier molecular flexibility index (Phi) is 5.41. The largest absolute Gasteiger partial charge is 0.481 e. The van der Waals surface area contributed by atoms with Crippen LogP contribution in [-0.2, 0) is 9.59 Å². The molecule has 0 aromatic carbocycles. The number of carbonyl (C=O) groups is 2. The molecule has 0 spiro atoms. The highest BCUT2D eigenvalue weighted by atomic mass is 16.4. The number of aliphatic carboxylic acids is 1. The van der Waals surface area contributed by atoms with Crippen LogP contribution in [-0.4, -0.2) is 29.6 Å². The fourth-order valence-corrected chi connectivity index (χ4v) is 2.37. The summed E-state index contributed by atoms with van der Waals surface area (Å²) in [6, 6.07) is -0.257. The number of nitrogens with two attached hydrogens (primary N) is 1. The van der Waals surface area contributed by atoms with Gasteiger partial charge in [0.05, 0.1) is 12.0 Å². The fraction of sp³-hybridized carbons (Fsp3) is 0.833. The van der Waals surface area contributed by atoms with Crippen molar-refractivity contribution in [1.82, 2.24) is 5.32 Å². The highest BCUT2D eigenvalue weighted by Crippen LogP contribution is 2.28. The predicted octanol–water partition coefficient (Wildman–Crippen LogP) is 0.731. The highest BCUT2D eigenvalue weighted by Gasteiger charge is 2.26. The van der Waals surface area contributed by atoms with Gasteiger partial charge in [-0.15, -0.1) is 0 Å². The first-order valence-corrected chi connectivity index (χ1v) is 6.30. The van der Waals surface area contributed by atoms with Crippen molar-refractivity contribution in [1.29, 1.82) is 0 Å². The van der Waals surface area contributed by atoms with Gasteiger partial charge in [0.25, 0.3) is 0 Å². The summed E-state index contributed by atoms with van der Waals surface area (Å²) in [6.45, 7) is 2.68. The number of primary amides is 1. The lowest BCUT2D eigenvalue weighted by Crippen LogP contribution is -2.43. The Hall–Kier alpha value is -1.10. The first-order valence-electron chi connectivity index (χ1n) is 6.30. The summed E-state index contributed by atoms with van der Waals surface area (Å²) in [7, 11) is 0. The minimum absolute atomic E-state index is 0.177. The topological polar surface area (TPSA) is 92.4 Å². The highest BCUT2D eigenvalue weighted by molar-refractivity contribution is 5.79. The van der Waals surface area contributed by atoms with E-state index in [1.54, 1.807) is 0 Å². The average Bonchev–Trinajstić information content (AvgIpc) is 2.30. The quantitative estimate of drug-likeness (QED) is 0.640. The minimum Gasteiger partial charge on any atom is -0.481 e. The minimum atomic E-state index is -0.681. The Labute approximate surface area is 102 Å². The molecular weight excluding hydrogens is 220 g/mol. The van der Waals surface area contributed by atoms with Gasteiger partial charge in [-0.3, -0.25) is 9.59 Å². The molecule has 0 aliphatic heterocycles. The fourth-order valence-electron chi connectivity index (χ4n) is 2.37. The summed E-state index contributed by atoms with van der Waals surface area (Å²) >= 11 is 0. The van der Waals surface area contributed by atoms with Crippen molar-refractivity contribution in [2.75, 3.05) is 6.54 Å². The number of nitrogens with one attached hydrogen (secondary N) is 1. The molecule has 1 rings (SSSR count). The second-order valence-corrected chi connectivity index (χ2v) is 4.83. The number of carbonyl (C=O) groups excluding carboxylic acids is 1. The molecule has 4 N–H and O–H groups in total. The maximum Gasteiger partial charge on any atom is 0.306 e. The van der Waals surface area contributed by atoms with E-state index in [9.17, 15) is 9.59 Å². The number of hydrogen-bond donors (Lipinski definition) is 3. The molecule has 0 bridgehead atoms. The van der Waals surface area contributed by atoms with Gasteiger partial charge in [0.1, 0.15) is 0 Å². The number of carboxylic acid groups (broad SMARTS) is 1. The molecule has 1 saturated carbocycles. The molecule has 0 saturated heterocycles. The third-order valence-corrected chi connectivity index (χ3v) is 3.60. The van der Waals surface area contributed by atoms with Crippen LogP contribution in [0.15, 0.2) is 0 Å². The number of rotatable bonds is 6. The van der Waals surface area contributed by atoms with Crippen molar-refractivity contribution in [2.45, 2.75) is 45.1 Å². The van der Waals surface area contributed by atoms with Crippen molar-refractivity contribution in [3.63, 3.8) is 0 Å². The zero-order chi connectivity index (χ0) is 12.8. The van der Waals surface area contributed by atoms with Crippen molar-refractivity contribution >= 4 is 11.9 Å². The summed E-state index contributed by atoms with van der Waals surface area (Å²) in [5, 5.41) is 12.0. The van der Waals surface area contributed by atoms with E-state index in [2.05, 4.69) is 5.32 Å². The van der Waals surface area contributed by atoms with Gasteiger partial charge in [-0.2, -0.15) is 0 Å². The third kappa shape index (κ3) is 4.34. The van der Waals surface area contributed by atoms with E-state index in [1.165, 1.54) is 0 Å². The molecule has 1 amide bonds. The molecule has 0 aromatic heterocycles. The van der Waals surface area contributed by atoms with E-state index in [1.807, 2.05) is 6.92 Å². The van der Waals surface area contributed by atoms with E-state index in [-0.39, 0.29) is 17.9 Å². The van der Waals surface area contributed by atoms with Gasteiger partial charge < -0.3 is 16.2 Å². The Morgan fingerprint density at radius 2 is 1.94 bits per heavy atom. The third-order valence-electron chi connectivity index (χ3n) is 3.60. The van der Waals surface area contributed by atoms with Crippen LogP contribution in [0.5, 0.6) is 0 Å². The molecule has 1 atom stereocenters. The zero-order valence-corrected chi connectivity index (χ0v) is 10.3. The lowest BCUT2D eigenvalue weighted by atomic mass is 9.82. The molecule has 1 unspecified atom stereocenters. The SMILES string of the molecule is CCC(NCC1CCC(C(=O)O)CC1)C(N)=O. The molecule has 1 aliphatic rings. The maximum absolute atomic E-state index is 11.0. The second-order valence-electron chi connectivity index (χ2n) is 4.83. The van der Waals surface area contributed by atoms with Crippen LogP contribution in [0, 0.1) is 11.8 Å².